The molecule has 0 bridgehead atoms. The van der Waals surface area contributed by atoms with E-state index in [9.17, 15) is 9.59 Å². The van der Waals surface area contributed by atoms with Crippen LogP contribution in [-0.4, -0.2) is 18.5 Å². The van der Waals surface area contributed by atoms with Gasteiger partial charge in [0.1, 0.15) is 0 Å². The number of esters is 1. The maximum Gasteiger partial charge on any atom is 0.310 e. The monoisotopic (exact) mass is 403 g/mol. The summed E-state index contributed by atoms with van der Waals surface area (Å²) in [7, 11) is 0. The fraction of sp³-hybridized carbons (Fsp3) is 0.300. The molecule has 2 aromatic carbocycles. The summed E-state index contributed by atoms with van der Waals surface area (Å²) in [6, 6.07) is 15.1. The predicted molar refractivity (Wildman–Crippen MR) is 102 cm³/mol. The van der Waals surface area contributed by atoms with E-state index in [1.54, 1.807) is 0 Å². The zero-order chi connectivity index (χ0) is 18.1. The highest BCUT2D eigenvalue weighted by molar-refractivity contribution is 9.10. The van der Waals surface area contributed by atoms with Crippen molar-refractivity contribution in [2.75, 3.05) is 11.9 Å². The summed E-state index contributed by atoms with van der Waals surface area (Å²) < 4.78 is 5.97. The van der Waals surface area contributed by atoms with Crippen LogP contribution in [0.5, 0.6) is 0 Å². The normalized spacial score (nSPS) is 10.3. The van der Waals surface area contributed by atoms with Gasteiger partial charge in [-0.1, -0.05) is 53.5 Å². The molecule has 2 rings (SSSR count). The van der Waals surface area contributed by atoms with Crippen LogP contribution in [0, 0.1) is 0 Å². The van der Waals surface area contributed by atoms with Crippen molar-refractivity contribution in [3.8, 4) is 0 Å². The van der Waals surface area contributed by atoms with Crippen molar-refractivity contribution in [1.29, 1.82) is 0 Å². The Kier molecular flexibility index (Phi) is 7.67. The van der Waals surface area contributed by atoms with Crippen LogP contribution >= 0.6 is 15.9 Å². The van der Waals surface area contributed by atoms with Crippen LogP contribution in [0.2, 0.25) is 0 Å². The molecular weight excluding hydrogens is 382 g/mol. The van der Waals surface area contributed by atoms with Crippen molar-refractivity contribution in [1.82, 2.24) is 0 Å². The summed E-state index contributed by atoms with van der Waals surface area (Å²) >= 11 is 3.34. The Morgan fingerprint density at radius 2 is 1.64 bits per heavy atom. The second-order valence-corrected chi connectivity index (χ2v) is 6.73. The van der Waals surface area contributed by atoms with E-state index in [0.29, 0.717) is 5.69 Å². The molecule has 1 amide bonds. The summed E-state index contributed by atoms with van der Waals surface area (Å²) in [5.41, 5.74) is 2.80. The fourth-order valence-corrected chi connectivity index (χ4v) is 2.56. The van der Waals surface area contributed by atoms with Crippen LogP contribution in [0.3, 0.4) is 0 Å². The van der Waals surface area contributed by atoms with Gasteiger partial charge in [-0.05, 0) is 48.2 Å². The summed E-state index contributed by atoms with van der Waals surface area (Å²) in [5, 5.41) is 2.73. The highest BCUT2D eigenvalue weighted by atomic mass is 79.9. The molecule has 0 aliphatic carbocycles. The number of rotatable bonds is 8. The Bertz CT molecular complexity index is 696. The standard InChI is InChI=1S/C20H22BrNO3/c1-2-3-4-15-7-11-18(12-8-15)22-19(23)14-25-20(24)13-16-5-9-17(21)10-6-16/h5-12H,2-4,13-14H2,1H3,(H,22,23). The maximum atomic E-state index is 11.9. The lowest BCUT2D eigenvalue weighted by atomic mass is 10.1. The predicted octanol–water partition coefficient (Wildman–Crippen LogP) is 4.52. The number of carbonyl (C=O) groups excluding carboxylic acids is 2. The third kappa shape index (κ3) is 7.10. The molecule has 0 spiro atoms. The molecule has 0 fully saturated rings. The highest BCUT2D eigenvalue weighted by Crippen LogP contribution is 2.12. The van der Waals surface area contributed by atoms with Gasteiger partial charge in [-0.15, -0.1) is 0 Å². The molecule has 5 heteroatoms. The first-order valence-electron chi connectivity index (χ1n) is 8.35. The first-order valence-corrected chi connectivity index (χ1v) is 9.15. The van der Waals surface area contributed by atoms with Gasteiger partial charge in [0, 0.05) is 10.2 Å². The first kappa shape index (κ1) is 19.2. The third-order valence-electron chi connectivity index (χ3n) is 3.68. The Morgan fingerprint density at radius 3 is 2.28 bits per heavy atom. The molecule has 0 radical (unpaired) electrons. The Balaban J connectivity index is 1.74. The molecule has 4 nitrogen and oxygen atoms in total. The number of benzene rings is 2. The smallest absolute Gasteiger partial charge is 0.310 e. The van der Waals surface area contributed by atoms with Gasteiger partial charge in [0.15, 0.2) is 6.61 Å². The lowest BCUT2D eigenvalue weighted by molar-refractivity contribution is -0.146. The SMILES string of the molecule is CCCCc1ccc(NC(=O)COC(=O)Cc2ccc(Br)cc2)cc1. The number of amides is 1. The number of halogens is 1. The molecule has 0 saturated carbocycles. The van der Waals surface area contributed by atoms with Gasteiger partial charge >= 0.3 is 5.97 Å². The van der Waals surface area contributed by atoms with E-state index in [0.717, 1.165) is 29.3 Å². The zero-order valence-electron chi connectivity index (χ0n) is 14.3. The van der Waals surface area contributed by atoms with E-state index < -0.39 is 5.97 Å². The molecule has 2 aromatic rings. The molecule has 132 valence electrons. The zero-order valence-corrected chi connectivity index (χ0v) is 15.8. The molecule has 25 heavy (non-hydrogen) atoms. The van der Waals surface area contributed by atoms with Crippen LogP contribution in [0.1, 0.15) is 30.9 Å². The summed E-state index contributed by atoms with van der Waals surface area (Å²) in [5.74, 6) is -0.766. The second kappa shape index (κ2) is 9.99. The minimum atomic E-state index is -0.424. The summed E-state index contributed by atoms with van der Waals surface area (Å²) in [6.07, 6.45) is 3.50. The van der Waals surface area contributed by atoms with Gasteiger partial charge in [-0.25, -0.2) is 0 Å². The minimum absolute atomic E-state index is 0.146. The Labute approximate surface area is 156 Å². The van der Waals surface area contributed by atoms with E-state index in [2.05, 4.69) is 28.2 Å². The first-order chi connectivity index (χ1) is 12.1. The van der Waals surface area contributed by atoms with Crippen molar-refractivity contribution in [2.45, 2.75) is 32.6 Å². The van der Waals surface area contributed by atoms with Crippen LogP contribution < -0.4 is 5.32 Å². The molecule has 0 heterocycles. The Morgan fingerprint density at radius 1 is 1.00 bits per heavy atom. The molecular formula is C20H22BrNO3. The maximum absolute atomic E-state index is 11.9. The molecule has 0 unspecified atom stereocenters. The van der Waals surface area contributed by atoms with Gasteiger partial charge < -0.3 is 10.1 Å². The van der Waals surface area contributed by atoms with Crippen molar-refractivity contribution in [3.05, 3.63) is 64.1 Å². The minimum Gasteiger partial charge on any atom is -0.455 e. The van der Waals surface area contributed by atoms with Crippen LogP contribution in [0.15, 0.2) is 53.0 Å². The number of aryl methyl sites for hydroxylation is 1. The Hall–Kier alpha value is -2.14. The number of carbonyl (C=O) groups is 2. The van der Waals surface area contributed by atoms with Crippen LogP contribution in [0.4, 0.5) is 5.69 Å². The highest BCUT2D eigenvalue weighted by Gasteiger charge is 2.09. The lowest BCUT2D eigenvalue weighted by Crippen LogP contribution is -2.21. The van der Waals surface area contributed by atoms with Crippen molar-refractivity contribution >= 4 is 33.5 Å². The summed E-state index contributed by atoms with van der Waals surface area (Å²) in [4.78, 5) is 23.7. The van der Waals surface area contributed by atoms with E-state index in [1.165, 1.54) is 5.56 Å². The average Bonchev–Trinajstić information content (AvgIpc) is 2.61. The molecule has 1 N–H and O–H groups in total. The van der Waals surface area contributed by atoms with Gasteiger partial charge in [-0.2, -0.15) is 0 Å². The number of anilines is 1. The number of hydrogen-bond donors (Lipinski definition) is 1. The van der Waals surface area contributed by atoms with E-state index >= 15 is 0 Å². The molecule has 0 aliphatic heterocycles. The van der Waals surface area contributed by atoms with Crippen molar-refractivity contribution in [3.63, 3.8) is 0 Å². The largest absolute Gasteiger partial charge is 0.455 e. The van der Waals surface area contributed by atoms with Gasteiger partial charge in [0.2, 0.25) is 0 Å². The van der Waals surface area contributed by atoms with E-state index in [4.69, 9.17) is 4.74 Å². The fourth-order valence-electron chi connectivity index (χ4n) is 2.30. The molecule has 0 saturated heterocycles. The molecule has 0 aliphatic rings. The second-order valence-electron chi connectivity index (χ2n) is 5.81. The van der Waals surface area contributed by atoms with Crippen LogP contribution in [-0.2, 0) is 27.2 Å². The average molecular weight is 404 g/mol. The number of unbranched alkanes of at least 4 members (excludes halogenated alkanes) is 1. The number of hydrogen-bond acceptors (Lipinski definition) is 3. The molecule has 0 aromatic heterocycles. The van der Waals surface area contributed by atoms with E-state index in [1.807, 2.05) is 48.5 Å². The summed E-state index contributed by atoms with van der Waals surface area (Å²) in [6.45, 7) is 1.87. The third-order valence-corrected chi connectivity index (χ3v) is 4.21. The van der Waals surface area contributed by atoms with Gasteiger partial charge in [0.25, 0.3) is 5.91 Å². The van der Waals surface area contributed by atoms with Gasteiger partial charge in [-0.3, -0.25) is 9.59 Å². The topological polar surface area (TPSA) is 55.4 Å². The number of nitrogens with one attached hydrogen (secondary N) is 1. The van der Waals surface area contributed by atoms with E-state index in [-0.39, 0.29) is 18.9 Å². The number of ether oxygens (including phenoxy) is 1. The van der Waals surface area contributed by atoms with Crippen molar-refractivity contribution < 1.29 is 14.3 Å². The lowest BCUT2D eigenvalue weighted by Gasteiger charge is -2.08. The van der Waals surface area contributed by atoms with Gasteiger partial charge in [0.05, 0.1) is 6.42 Å². The quantitative estimate of drug-likeness (QED) is 0.659. The van der Waals surface area contributed by atoms with Crippen molar-refractivity contribution in [2.24, 2.45) is 0 Å². The van der Waals surface area contributed by atoms with Crippen LogP contribution in [0.25, 0.3) is 0 Å². The molecule has 0 atom stereocenters.